The number of amides is 1. The van der Waals surface area contributed by atoms with Crippen LogP contribution in [0.5, 0.6) is 0 Å². The van der Waals surface area contributed by atoms with Crippen LogP contribution in [0.3, 0.4) is 0 Å². The van der Waals surface area contributed by atoms with Gasteiger partial charge < -0.3 is 14.2 Å². The van der Waals surface area contributed by atoms with Gasteiger partial charge in [0.1, 0.15) is 5.82 Å². The minimum atomic E-state index is -0.369. The molecular weight excluding hydrogens is 363 g/mol. The summed E-state index contributed by atoms with van der Waals surface area (Å²) in [6.07, 6.45) is 1.69. The van der Waals surface area contributed by atoms with Crippen molar-refractivity contribution >= 4 is 38.4 Å². The molecule has 0 aliphatic heterocycles. The highest BCUT2D eigenvalue weighted by atomic mass is 32.1. The molecule has 0 aliphatic carbocycles. The average Bonchev–Trinajstić information content (AvgIpc) is 3.23. The highest BCUT2D eigenvalue weighted by molar-refractivity contribution is 7.17. The third-order valence-corrected chi connectivity index (χ3v) is 5.73. The fourth-order valence-corrected chi connectivity index (χ4v) is 4.35. The molecular formula is C21H19FN2O2S. The van der Waals surface area contributed by atoms with Crippen LogP contribution in [0.25, 0.3) is 21.0 Å². The number of hydrogen-bond acceptors (Lipinski definition) is 3. The third-order valence-electron chi connectivity index (χ3n) is 4.72. The van der Waals surface area contributed by atoms with Crippen LogP contribution in [0.2, 0.25) is 0 Å². The minimum Gasteiger partial charge on any atom is -0.453 e. The standard InChI is InChI=1S/C21H19FN2O2S/c1-23(21(25)26-2)10-14-11-24(19-6-4-3-5-17(14)19)12-15-13-27-20-8-7-16(22)9-18(15)20/h3-9,11,13H,10,12H2,1-2H3. The Balaban J connectivity index is 1.73. The number of carbonyl (C=O) groups excluding carboxylic acids is 1. The highest BCUT2D eigenvalue weighted by Gasteiger charge is 2.15. The normalized spacial score (nSPS) is 11.2. The van der Waals surface area contributed by atoms with Crippen LogP contribution in [-0.2, 0) is 17.8 Å². The number of nitrogens with zero attached hydrogens (tertiary/aromatic N) is 2. The van der Waals surface area contributed by atoms with E-state index < -0.39 is 0 Å². The summed E-state index contributed by atoms with van der Waals surface area (Å²) in [6, 6.07) is 13.0. The van der Waals surface area contributed by atoms with E-state index in [1.54, 1.807) is 29.4 Å². The molecule has 2 heterocycles. The first-order valence-electron chi connectivity index (χ1n) is 8.58. The van der Waals surface area contributed by atoms with Crippen molar-refractivity contribution < 1.29 is 13.9 Å². The first kappa shape index (κ1) is 17.5. The summed E-state index contributed by atoms with van der Waals surface area (Å²) < 4.78 is 21.7. The summed E-state index contributed by atoms with van der Waals surface area (Å²) in [5.74, 6) is -0.222. The summed E-state index contributed by atoms with van der Waals surface area (Å²) in [7, 11) is 3.09. The maximum atomic E-state index is 13.7. The van der Waals surface area contributed by atoms with Gasteiger partial charge in [0, 0.05) is 40.8 Å². The van der Waals surface area contributed by atoms with Gasteiger partial charge in [0.15, 0.2) is 0 Å². The Morgan fingerprint density at radius 1 is 1.19 bits per heavy atom. The van der Waals surface area contributed by atoms with Crippen molar-refractivity contribution in [1.82, 2.24) is 9.47 Å². The number of aromatic nitrogens is 1. The topological polar surface area (TPSA) is 34.5 Å². The van der Waals surface area contributed by atoms with E-state index in [2.05, 4.69) is 28.3 Å². The fraction of sp³-hybridized carbons (Fsp3) is 0.190. The first-order chi connectivity index (χ1) is 13.1. The predicted molar refractivity (Wildman–Crippen MR) is 107 cm³/mol. The fourth-order valence-electron chi connectivity index (χ4n) is 3.42. The molecule has 4 aromatic rings. The van der Waals surface area contributed by atoms with Crippen LogP contribution in [-0.4, -0.2) is 29.7 Å². The number of rotatable bonds is 4. The second-order valence-corrected chi connectivity index (χ2v) is 7.44. The Kier molecular flexibility index (Phi) is 4.58. The van der Waals surface area contributed by atoms with E-state index in [0.717, 1.165) is 32.1 Å². The van der Waals surface area contributed by atoms with Crippen LogP contribution >= 0.6 is 11.3 Å². The highest BCUT2D eigenvalue weighted by Crippen LogP contribution is 2.30. The molecule has 4 rings (SSSR count). The lowest BCUT2D eigenvalue weighted by Gasteiger charge is -2.14. The van der Waals surface area contributed by atoms with Gasteiger partial charge in [-0.2, -0.15) is 0 Å². The summed E-state index contributed by atoms with van der Waals surface area (Å²) in [6.45, 7) is 1.10. The van der Waals surface area contributed by atoms with Gasteiger partial charge in [-0.3, -0.25) is 0 Å². The molecule has 0 saturated heterocycles. The van der Waals surface area contributed by atoms with Crippen molar-refractivity contribution in [2.45, 2.75) is 13.1 Å². The summed E-state index contributed by atoms with van der Waals surface area (Å²) in [4.78, 5) is 13.3. The van der Waals surface area contributed by atoms with Gasteiger partial charge in [0.2, 0.25) is 0 Å². The molecule has 0 spiro atoms. The monoisotopic (exact) mass is 382 g/mol. The van der Waals surface area contributed by atoms with Gasteiger partial charge in [0.25, 0.3) is 0 Å². The lowest BCUT2D eigenvalue weighted by molar-refractivity contribution is 0.131. The molecule has 138 valence electrons. The van der Waals surface area contributed by atoms with Crippen molar-refractivity contribution in [3.8, 4) is 0 Å². The number of methoxy groups -OCH3 is 1. The lowest BCUT2D eigenvalue weighted by atomic mass is 10.1. The minimum absolute atomic E-state index is 0.222. The number of ether oxygens (including phenoxy) is 1. The second kappa shape index (κ2) is 7.04. The zero-order valence-corrected chi connectivity index (χ0v) is 15.9. The number of carbonyl (C=O) groups is 1. The summed E-state index contributed by atoms with van der Waals surface area (Å²) >= 11 is 1.62. The largest absolute Gasteiger partial charge is 0.453 e. The SMILES string of the molecule is COC(=O)N(C)Cc1cn(Cc2csc3ccc(F)cc23)c2ccccc12. The van der Waals surface area contributed by atoms with E-state index in [1.165, 1.54) is 13.2 Å². The van der Waals surface area contributed by atoms with Crippen LogP contribution < -0.4 is 0 Å². The molecule has 0 radical (unpaired) electrons. The second-order valence-electron chi connectivity index (χ2n) is 6.53. The summed E-state index contributed by atoms with van der Waals surface area (Å²) in [5, 5.41) is 4.13. The maximum absolute atomic E-state index is 13.7. The van der Waals surface area contributed by atoms with Crippen molar-refractivity contribution in [3.05, 3.63) is 71.0 Å². The quantitative estimate of drug-likeness (QED) is 0.484. The van der Waals surface area contributed by atoms with Crippen molar-refractivity contribution in [1.29, 1.82) is 0 Å². The molecule has 27 heavy (non-hydrogen) atoms. The molecule has 4 nitrogen and oxygen atoms in total. The number of fused-ring (bicyclic) bond motifs is 2. The van der Waals surface area contributed by atoms with E-state index in [0.29, 0.717) is 13.1 Å². The van der Waals surface area contributed by atoms with E-state index in [-0.39, 0.29) is 11.9 Å². The maximum Gasteiger partial charge on any atom is 0.409 e. The number of para-hydroxylation sites is 1. The Labute approximate surface area is 160 Å². The molecule has 0 fully saturated rings. The average molecular weight is 382 g/mol. The summed E-state index contributed by atoms with van der Waals surface area (Å²) in [5.41, 5.74) is 3.22. The molecule has 0 aliphatic rings. The van der Waals surface area contributed by atoms with E-state index in [4.69, 9.17) is 4.74 Å². The van der Waals surface area contributed by atoms with Crippen LogP contribution in [0.15, 0.2) is 54.0 Å². The Morgan fingerprint density at radius 3 is 2.81 bits per heavy atom. The van der Waals surface area contributed by atoms with Gasteiger partial charge in [-0.15, -0.1) is 11.3 Å². The lowest BCUT2D eigenvalue weighted by Crippen LogP contribution is -2.25. The molecule has 0 N–H and O–H groups in total. The van der Waals surface area contributed by atoms with Gasteiger partial charge >= 0.3 is 6.09 Å². The third kappa shape index (κ3) is 3.28. The molecule has 0 unspecified atom stereocenters. The Hall–Kier alpha value is -2.86. The van der Waals surface area contributed by atoms with Gasteiger partial charge in [0.05, 0.1) is 13.7 Å². The molecule has 0 atom stereocenters. The zero-order valence-electron chi connectivity index (χ0n) is 15.1. The van der Waals surface area contributed by atoms with Crippen LogP contribution in [0.4, 0.5) is 9.18 Å². The number of thiophene rings is 1. The zero-order chi connectivity index (χ0) is 19.0. The van der Waals surface area contributed by atoms with E-state index in [9.17, 15) is 9.18 Å². The van der Waals surface area contributed by atoms with Gasteiger partial charge in [-0.05, 0) is 40.8 Å². The molecule has 2 aromatic heterocycles. The Morgan fingerprint density at radius 2 is 2.00 bits per heavy atom. The molecule has 0 bridgehead atoms. The molecule has 0 saturated carbocycles. The smallest absolute Gasteiger partial charge is 0.409 e. The van der Waals surface area contributed by atoms with Crippen molar-refractivity contribution in [2.24, 2.45) is 0 Å². The first-order valence-corrected chi connectivity index (χ1v) is 9.46. The number of halogens is 1. The van der Waals surface area contributed by atoms with Crippen LogP contribution in [0.1, 0.15) is 11.1 Å². The predicted octanol–water partition coefficient (Wildman–Crippen LogP) is 5.24. The Bertz CT molecular complexity index is 1130. The van der Waals surface area contributed by atoms with E-state index in [1.807, 2.05) is 18.2 Å². The van der Waals surface area contributed by atoms with Crippen LogP contribution in [0, 0.1) is 5.82 Å². The number of benzene rings is 2. The molecule has 6 heteroatoms. The van der Waals surface area contributed by atoms with Gasteiger partial charge in [-0.25, -0.2) is 9.18 Å². The molecule has 1 amide bonds. The van der Waals surface area contributed by atoms with E-state index >= 15 is 0 Å². The van der Waals surface area contributed by atoms with Crippen molar-refractivity contribution in [2.75, 3.05) is 14.2 Å². The number of hydrogen-bond donors (Lipinski definition) is 0. The van der Waals surface area contributed by atoms with Gasteiger partial charge in [-0.1, -0.05) is 18.2 Å². The molecule has 2 aromatic carbocycles. The van der Waals surface area contributed by atoms with Crippen molar-refractivity contribution in [3.63, 3.8) is 0 Å².